The number of hydrogen-bond acceptors (Lipinski definition) is 3. The molecule has 0 amide bonds. The number of likely N-dealkylation sites (tertiary alicyclic amines) is 1. The van der Waals surface area contributed by atoms with Gasteiger partial charge in [0.15, 0.2) is 0 Å². The summed E-state index contributed by atoms with van der Waals surface area (Å²) in [7, 11) is 0. The molecule has 1 aromatic carbocycles. The second-order valence-corrected chi connectivity index (χ2v) is 5.62. The zero-order valence-corrected chi connectivity index (χ0v) is 12.2. The van der Waals surface area contributed by atoms with Crippen LogP contribution >= 0.6 is 0 Å². The first-order valence-corrected chi connectivity index (χ1v) is 7.47. The van der Waals surface area contributed by atoms with Crippen LogP contribution in [0.4, 0.5) is 5.69 Å². The molecule has 106 valence electrons. The summed E-state index contributed by atoms with van der Waals surface area (Å²) in [5, 5.41) is 13.2. The van der Waals surface area contributed by atoms with E-state index in [1.807, 2.05) is 19.1 Å². The smallest absolute Gasteiger partial charge is 0.118 e. The van der Waals surface area contributed by atoms with Crippen molar-refractivity contribution in [3.05, 3.63) is 23.8 Å². The molecule has 0 aromatic heterocycles. The van der Waals surface area contributed by atoms with Gasteiger partial charge in [0.05, 0.1) is 0 Å². The molecule has 0 saturated carbocycles. The van der Waals surface area contributed by atoms with E-state index in [2.05, 4.69) is 17.1 Å². The minimum atomic E-state index is 0.375. The maximum atomic E-state index is 9.55. The molecule has 1 atom stereocenters. The van der Waals surface area contributed by atoms with Gasteiger partial charge in [-0.15, -0.1) is 0 Å². The Morgan fingerprint density at radius 2 is 2.16 bits per heavy atom. The lowest BCUT2D eigenvalue weighted by Crippen LogP contribution is -2.27. The summed E-state index contributed by atoms with van der Waals surface area (Å²) in [4.78, 5) is 2.57. The van der Waals surface area contributed by atoms with Crippen LogP contribution in [0.2, 0.25) is 0 Å². The first-order chi connectivity index (χ1) is 9.19. The van der Waals surface area contributed by atoms with Crippen LogP contribution in [0.1, 0.15) is 38.2 Å². The van der Waals surface area contributed by atoms with Gasteiger partial charge in [-0.05, 0) is 69.5 Å². The van der Waals surface area contributed by atoms with E-state index in [0.29, 0.717) is 11.8 Å². The van der Waals surface area contributed by atoms with Crippen molar-refractivity contribution >= 4 is 5.69 Å². The molecule has 1 aliphatic heterocycles. The molecule has 3 heteroatoms. The van der Waals surface area contributed by atoms with Gasteiger partial charge in [-0.2, -0.15) is 0 Å². The monoisotopic (exact) mass is 262 g/mol. The Labute approximate surface area is 116 Å². The molecular formula is C16H26N2O. The minimum absolute atomic E-state index is 0.375. The maximum absolute atomic E-state index is 9.55. The zero-order chi connectivity index (χ0) is 13.7. The molecule has 1 aliphatic rings. The molecule has 0 spiro atoms. The molecule has 0 radical (unpaired) electrons. The van der Waals surface area contributed by atoms with E-state index >= 15 is 0 Å². The fraction of sp³-hybridized carbons (Fsp3) is 0.625. The fourth-order valence-electron chi connectivity index (χ4n) is 2.82. The number of phenols is 1. The number of nitrogens with zero attached hydrogens (tertiary/aromatic N) is 1. The van der Waals surface area contributed by atoms with Crippen molar-refractivity contribution in [1.82, 2.24) is 4.90 Å². The third-order valence-corrected chi connectivity index (χ3v) is 3.93. The molecule has 1 saturated heterocycles. The Bertz CT molecular complexity index is 406. The van der Waals surface area contributed by atoms with Crippen LogP contribution in [0.3, 0.4) is 0 Å². The number of aromatic hydroxyl groups is 1. The third-order valence-electron chi connectivity index (χ3n) is 3.93. The number of hydrogen-bond donors (Lipinski definition) is 2. The largest absolute Gasteiger partial charge is 0.508 e. The van der Waals surface area contributed by atoms with Gasteiger partial charge < -0.3 is 15.3 Å². The minimum Gasteiger partial charge on any atom is -0.508 e. The highest BCUT2D eigenvalue weighted by Crippen LogP contribution is 2.22. The van der Waals surface area contributed by atoms with E-state index in [0.717, 1.165) is 11.3 Å². The van der Waals surface area contributed by atoms with Gasteiger partial charge in [-0.1, -0.05) is 6.92 Å². The van der Waals surface area contributed by atoms with Crippen LogP contribution in [0.5, 0.6) is 5.75 Å². The predicted octanol–water partition coefficient (Wildman–Crippen LogP) is 3.38. The molecular weight excluding hydrogens is 236 g/mol. The van der Waals surface area contributed by atoms with Gasteiger partial charge in [0.1, 0.15) is 5.75 Å². The molecule has 3 nitrogen and oxygen atoms in total. The highest BCUT2D eigenvalue weighted by molar-refractivity contribution is 5.50. The van der Waals surface area contributed by atoms with E-state index in [1.165, 1.54) is 45.3 Å². The van der Waals surface area contributed by atoms with Crippen LogP contribution < -0.4 is 5.32 Å². The molecule has 1 aromatic rings. The number of anilines is 1. The van der Waals surface area contributed by atoms with Crippen LogP contribution in [-0.4, -0.2) is 35.7 Å². The van der Waals surface area contributed by atoms with E-state index in [4.69, 9.17) is 0 Å². The number of benzene rings is 1. The summed E-state index contributed by atoms with van der Waals surface area (Å²) in [6.07, 6.45) is 4.96. The Balaban J connectivity index is 1.90. The van der Waals surface area contributed by atoms with Crippen LogP contribution in [-0.2, 0) is 0 Å². The summed E-state index contributed by atoms with van der Waals surface area (Å²) < 4.78 is 0. The summed E-state index contributed by atoms with van der Waals surface area (Å²) in [5.41, 5.74) is 2.07. The first kappa shape index (κ1) is 14.2. The lowest BCUT2D eigenvalue weighted by atomic mass is 10.1. The number of nitrogens with one attached hydrogen (secondary N) is 1. The first-order valence-electron chi connectivity index (χ1n) is 7.47. The summed E-state index contributed by atoms with van der Waals surface area (Å²) >= 11 is 0. The lowest BCUT2D eigenvalue weighted by molar-refractivity contribution is 0.285. The van der Waals surface area contributed by atoms with E-state index in [9.17, 15) is 5.11 Å². The molecule has 1 heterocycles. The van der Waals surface area contributed by atoms with E-state index in [-0.39, 0.29) is 0 Å². The van der Waals surface area contributed by atoms with Crippen LogP contribution in [0, 0.1) is 6.92 Å². The summed E-state index contributed by atoms with van der Waals surface area (Å²) in [6, 6.07) is 6.34. The van der Waals surface area contributed by atoms with Gasteiger partial charge in [0.2, 0.25) is 0 Å². The summed E-state index contributed by atoms with van der Waals surface area (Å²) in [6.45, 7) is 7.85. The quantitative estimate of drug-likeness (QED) is 0.817. The normalized spacial score (nSPS) is 21.1. The Morgan fingerprint density at radius 1 is 1.32 bits per heavy atom. The van der Waals surface area contributed by atoms with E-state index < -0.39 is 0 Å². The van der Waals surface area contributed by atoms with Crippen LogP contribution in [0.25, 0.3) is 0 Å². The van der Waals surface area contributed by atoms with Gasteiger partial charge in [-0.3, -0.25) is 0 Å². The van der Waals surface area contributed by atoms with E-state index in [1.54, 1.807) is 6.07 Å². The standard InChI is InChI=1S/C16H26N2O/c1-3-9-18-10-4-5-14(8-11-18)17-15-6-7-16(19)13(2)12-15/h6-7,12,14,17,19H,3-5,8-11H2,1-2H3. The molecule has 0 bridgehead atoms. The van der Waals surface area contributed by atoms with Crippen molar-refractivity contribution in [3.63, 3.8) is 0 Å². The van der Waals surface area contributed by atoms with Crippen molar-refractivity contribution in [3.8, 4) is 5.75 Å². The number of aryl methyl sites for hydroxylation is 1. The van der Waals surface area contributed by atoms with Crippen molar-refractivity contribution in [2.45, 2.75) is 45.6 Å². The number of rotatable bonds is 4. The molecule has 2 rings (SSSR count). The topological polar surface area (TPSA) is 35.5 Å². The third kappa shape index (κ3) is 4.13. The second-order valence-electron chi connectivity index (χ2n) is 5.62. The van der Waals surface area contributed by atoms with Gasteiger partial charge in [-0.25, -0.2) is 0 Å². The Kier molecular flexibility index (Phi) is 5.08. The Hall–Kier alpha value is -1.22. The van der Waals surface area contributed by atoms with Gasteiger partial charge in [0, 0.05) is 18.3 Å². The van der Waals surface area contributed by atoms with Crippen molar-refractivity contribution < 1.29 is 5.11 Å². The fourth-order valence-corrected chi connectivity index (χ4v) is 2.82. The molecule has 1 unspecified atom stereocenters. The Morgan fingerprint density at radius 3 is 2.89 bits per heavy atom. The molecule has 19 heavy (non-hydrogen) atoms. The summed E-state index contributed by atoms with van der Waals surface area (Å²) in [5.74, 6) is 0.375. The molecule has 1 fully saturated rings. The van der Waals surface area contributed by atoms with Gasteiger partial charge in [0.25, 0.3) is 0 Å². The predicted molar refractivity (Wildman–Crippen MR) is 80.8 cm³/mol. The van der Waals surface area contributed by atoms with Crippen molar-refractivity contribution in [2.24, 2.45) is 0 Å². The van der Waals surface area contributed by atoms with Crippen molar-refractivity contribution in [1.29, 1.82) is 0 Å². The molecule has 2 N–H and O–H groups in total. The highest BCUT2D eigenvalue weighted by atomic mass is 16.3. The molecule has 0 aliphatic carbocycles. The van der Waals surface area contributed by atoms with Crippen molar-refractivity contribution in [2.75, 3.05) is 25.0 Å². The SMILES string of the molecule is CCCN1CCCC(Nc2ccc(O)c(C)c2)CC1. The lowest BCUT2D eigenvalue weighted by Gasteiger charge is -2.20. The average molecular weight is 262 g/mol. The maximum Gasteiger partial charge on any atom is 0.118 e. The van der Waals surface area contributed by atoms with Gasteiger partial charge >= 0.3 is 0 Å². The zero-order valence-electron chi connectivity index (χ0n) is 12.2. The number of phenolic OH excluding ortho intramolecular Hbond substituents is 1. The second kappa shape index (κ2) is 6.80. The highest BCUT2D eigenvalue weighted by Gasteiger charge is 2.16. The average Bonchev–Trinajstić information content (AvgIpc) is 2.60. The van der Waals surface area contributed by atoms with Crippen LogP contribution in [0.15, 0.2) is 18.2 Å².